The van der Waals surface area contributed by atoms with E-state index in [9.17, 15) is 4.79 Å². The van der Waals surface area contributed by atoms with Gasteiger partial charge >= 0.3 is 0 Å². The van der Waals surface area contributed by atoms with Gasteiger partial charge in [-0.15, -0.1) is 24.8 Å². The molecule has 1 aliphatic heterocycles. The normalized spacial score (nSPS) is 30.0. The Morgan fingerprint density at radius 1 is 1.27 bits per heavy atom. The van der Waals surface area contributed by atoms with Gasteiger partial charge in [-0.2, -0.15) is 0 Å². The average Bonchev–Trinajstić information content (AvgIpc) is 2.81. The lowest BCUT2D eigenvalue weighted by molar-refractivity contribution is -0.122. The number of carbonyl (C=O) groups is 1. The molecular formula is C16H33Cl2N3O. The number of nitrogens with one attached hydrogen (secondary N) is 1. The van der Waals surface area contributed by atoms with E-state index >= 15 is 0 Å². The number of carbonyl (C=O) groups excluding carboxylic acids is 1. The topological polar surface area (TPSA) is 58.4 Å². The molecule has 1 amide bonds. The predicted molar refractivity (Wildman–Crippen MR) is 96.9 cm³/mol. The van der Waals surface area contributed by atoms with Gasteiger partial charge in [-0.05, 0) is 51.0 Å². The first-order chi connectivity index (χ1) is 9.56. The summed E-state index contributed by atoms with van der Waals surface area (Å²) in [6.45, 7) is 7.66. The number of halogens is 2. The summed E-state index contributed by atoms with van der Waals surface area (Å²) in [6, 6.07) is 0.681. The average molecular weight is 354 g/mol. The van der Waals surface area contributed by atoms with Crippen molar-refractivity contribution in [3.8, 4) is 0 Å². The van der Waals surface area contributed by atoms with Crippen LogP contribution in [0.25, 0.3) is 0 Å². The van der Waals surface area contributed by atoms with E-state index in [2.05, 4.69) is 24.1 Å². The van der Waals surface area contributed by atoms with Crippen molar-refractivity contribution in [2.24, 2.45) is 17.6 Å². The van der Waals surface area contributed by atoms with Gasteiger partial charge in [0.2, 0.25) is 5.91 Å². The van der Waals surface area contributed by atoms with Gasteiger partial charge in [-0.25, -0.2) is 0 Å². The molecule has 6 heteroatoms. The van der Waals surface area contributed by atoms with Crippen LogP contribution in [0.5, 0.6) is 0 Å². The van der Waals surface area contributed by atoms with Crippen LogP contribution in [0.15, 0.2) is 0 Å². The highest BCUT2D eigenvalue weighted by Gasteiger charge is 2.26. The lowest BCUT2D eigenvalue weighted by Crippen LogP contribution is -2.46. The third kappa shape index (κ3) is 6.61. The van der Waals surface area contributed by atoms with E-state index in [1.54, 1.807) is 0 Å². The molecule has 0 bridgehead atoms. The SMILES string of the molecule is CC1CCCN(C(C)CNC(=O)C[C@@H]2CCC[C@H]2N)C1.Cl.Cl. The zero-order valence-electron chi connectivity index (χ0n) is 13.9. The van der Waals surface area contributed by atoms with E-state index in [0.717, 1.165) is 25.3 Å². The van der Waals surface area contributed by atoms with Gasteiger partial charge in [0.15, 0.2) is 0 Å². The quantitative estimate of drug-likeness (QED) is 0.798. The Morgan fingerprint density at radius 2 is 2.00 bits per heavy atom. The molecule has 132 valence electrons. The van der Waals surface area contributed by atoms with Crippen LogP contribution >= 0.6 is 24.8 Å². The maximum absolute atomic E-state index is 12.0. The van der Waals surface area contributed by atoms with Crippen LogP contribution in [0, 0.1) is 11.8 Å². The molecule has 0 aromatic rings. The first-order valence-electron chi connectivity index (χ1n) is 8.32. The maximum atomic E-state index is 12.0. The molecule has 2 rings (SSSR count). The number of likely N-dealkylation sites (tertiary alicyclic amines) is 1. The molecule has 2 unspecified atom stereocenters. The Kier molecular flexibility index (Phi) is 10.7. The van der Waals surface area contributed by atoms with Crippen LogP contribution in [0.1, 0.15) is 52.4 Å². The van der Waals surface area contributed by atoms with Crippen LogP contribution in [-0.4, -0.2) is 42.5 Å². The number of nitrogens with zero attached hydrogens (tertiary/aromatic N) is 1. The zero-order chi connectivity index (χ0) is 14.5. The van der Waals surface area contributed by atoms with E-state index in [1.807, 2.05) is 0 Å². The van der Waals surface area contributed by atoms with Crippen molar-refractivity contribution in [3.05, 3.63) is 0 Å². The number of piperidine rings is 1. The van der Waals surface area contributed by atoms with Crippen molar-refractivity contribution in [1.82, 2.24) is 10.2 Å². The molecule has 0 spiro atoms. The van der Waals surface area contributed by atoms with Crippen molar-refractivity contribution in [1.29, 1.82) is 0 Å². The fraction of sp³-hybridized carbons (Fsp3) is 0.938. The molecule has 1 aliphatic carbocycles. The fourth-order valence-corrected chi connectivity index (χ4v) is 3.65. The minimum atomic E-state index is 0. The Bertz CT molecular complexity index is 331. The van der Waals surface area contributed by atoms with Crippen molar-refractivity contribution < 1.29 is 4.79 Å². The van der Waals surface area contributed by atoms with Crippen molar-refractivity contribution >= 4 is 30.7 Å². The molecule has 1 heterocycles. The van der Waals surface area contributed by atoms with Crippen molar-refractivity contribution in [3.63, 3.8) is 0 Å². The van der Waals surface area contributed by atoms with Crippen LogP contribution in [-0.2, 0) is 4.79 Å². The summed E-state index contributed by atoms with van der Waals surface area (Å²) in [5.74, 6) is 1.38. The number of nitrogens with two attached hydrogens (primary N) is 1. The Balaban J connectivity index is 0.00000220. The summed E-state index contributed by atoms with van der Waals surface area (Å²) in [5, 5.41) is 3.11. The third-order valence-corrected chi connectivity index (χ3v) is 5.07. The fourth-order valence-electron chi connectivity index (χ4n) is 3.65. The van der Waals surface area contributed by atoms with Crippen LogP contribution in [0.2, 0.25) is 0 Å². The van der Waals surface area contributed by atoms with E-state index in [4.69, 9.17) is 5.73 Å². The highest BCUT2D eigenvalue weighted by Crippen LogP contribution is 2.26. The van der Waals surface area contributed by atoms with Crippen LogP contribution in [0.4, 0.5) is 0 Å². The summed E-state index contributed by atoms with van der Waals surface area (Å²) in [5.41, 5.74) is 6.03. The zero-order valence-corrected chi connectivity index (χ0v) is 15.6. The minimum Gasteiger partial charge on any atom is -0.355 e. The number of hydrogen-bond acceptors (Lipinski definition) is 3. The Morgan fingerprint density at radius 3 is 2.59 bits per heavy atom. The first-order valence-corrected chi connectivity index (χ1v) is 8.32. The van der Waals surface area contributed by atoms with E-state index in [0.29, 0.717) is 18.4 Å². The van der Waals surface area contributed by atoms with E-state index < -0.39 is 0 Å². The first kappa shape index (κ1) is 22.0. The smallest absolute Gasteiger partial charge is 0.220 e. The van der Waals surface area contributed by atoms with Gasteiger partial charge in [-0.3, -0.25) is 9.69 Å². The van der Waals surface area contributed by atoms with Crippen LogP contribution in [0.3, 0.4) is 0 Å². The molecule has 0 radical (unpaired) electrons. The molecular weight excluding hydrogens is 321 g/mol. The largest absolute Gasteiger partial charge is 0.355 e. The molecule has 1 saturated carbocycles. The van der Waals surface area contributed by atoms with Gasteiger partial charge in [0, 0.05) is 31.6 Å². The molecule has 3 N–H and O–H groups in total. The maximum Gasteiger partial charge on any atom is 0.220 e. The number of rotatable bonds is 5. The van der Waals surface area contributed by atoms with Gasteiger partial charge in [0.1, 0.15) is 0 Å². The highest BCUT2D eigenvalue weighted by molar-refractivity contribution is 5.85. The third-order valence-electron chi connectivity index (χ3n) is 5.07. The molecule has 2 aliphatic rings. The van der Waals surface area contributed by atoms with Crippen molar-refractivity contribution in [2.75, 3.05) is 19.6 Å². The number of amides is 1. The Labute approximate surface area is 147 Å². The van der Waals surface area contributed by atoms with E-state index in [1.165, 1.54) is 32.4 Å². The number of hydrogen-bond donors (Lipinski definition) is 2. The summed E-state index contributed by atoms with van der Waals surface area (Å²) in [7, 11) is 0. The molecule has 0 aromatic carbocycles. The highest BCUT2D eigenvalue weighted by atomic mass is 35.5. The lowest BCUT2D eigenvalue weighted by atomic mass is 9.98. The van der Waals surface area contributed by atoms with Crippen LogP contribution < -0.4 is 11.1 Å². The molecule has 2 fully saturated rings. The minimum absolute atomic E-state index is 0. The van der Waals surface area contributed by atoms with Gasteiger partial charge in [0.05, 0.1) is 0 Å². The van der Waals surface area contributed by atoms with Gasteiger partial charge in [-0.1, -0.05) is 13.3 Å². The molecule has 1 saturated heterocycles. The molecule has 0 aromatic heterocycles. The Hall–Kier alpha value is -0.0300. The van der Waals surface area contributed by atoms with Crippen molar-refractivity contribution in [2.45, 2.75) is 64.5 Å². The van der Waals surface area contributed by atoms with E-state index in [-0.39, 0.29) is 36.8 Å². The molecule has 4 atom stereocenters. The summed E-state index contributed by atoms with van der Waals surface area (Å²) >= 11 is 0. The second kappa shape index (κ2) is 10.7. The summed E-state index contributed by atoms with van der Waals surface area (Å²) in [4.78, 5) is 14.5. The standard InChI is InChI=1S/C16H31N3O.2ClH/c1-12-5-4-8-19(11-12)13(2)10-18-16(20)9-14-6-3-7-15(14)17;;/h12-15H,3-11,17H2,1-2H3,(H,18,20);2*1H/t12?,13?,14-,15+;;/m0../s1. The molecule has 4 nitrogen and oxygen atoms in total. The molecule has 22 heavy (non-hydrogen) atoms. The van der Waals surface area contributed by atoms with Gasteiger partial charge in [0.25, 0.3) is 0 Å². The summed E-state index contributed by atoms with van der Waals surface area (Å²) in [6.07, 6.45) is 6.63. The van der Waals surface area contributed by atoms with Gasteiger partial charge < -0.3 is 11.1 Å². The second-order valence-corrected chi connectivity index (χ2v) is 6.95. The predicted octanol–water partition coefficient (Wildman–Crippen LogP) is 2.58. The lowest BCUT2D eigenvalue weighted by Gasteiger charge is -2.35. The summed E-state index contributed by atoms with van der Waals surface area (Å²) < 4.78 is 0. The monoisotopic (exact) mass is 353 g/mol. The second-order valence-electron chi connectivity index (χ2n) is 6.95.